The van der Waals surface area contributed by atoms with Crippen molar-refractivity contribution in [2.45, 2.75) is 6.42 Å². The number of carbonyl (C=O) groups is 1. The smallest absolute Gasteiger partial charge is 0.320 e. The molecule has 0 aliphatic rings. The Balaban J connectivity index is 2.61. The fourth-order valence-electron chi connectivity index (χ4n) is 0.908. The topological polar surface area (TPSA) is 77.2 Å². The lowest BCUT2D eigenvalue weighted by molar-refractivity contribution is -0.126. The Morgan fingerprint density at radius 2 is 2.46 bits per heavy atom. The van der Waals surface area contributed by atoms with E-state index in [1.807, 2.05) is 12.1 Å². The quantitative estimate of drug-likeness (QED) is 0.497. The molecule has 0 unspecified atom stereocenters. The van der Waals surface area contributed by atoms with E-state index in [1.165, 1.54) is 0 Å². The monoisotopic (exact) mass is 181 g/mol. The van der Waals surface area contributed by atoms with E-state index in [1.54, 1.807) is 6.07 Å². The molecule has 0 aliphatic heterocycles. The minimum Gasteiger partial charge on any atom is -0.345 e. The predicted molar refractivity (Wildman–Crippen MR) is 47.8 cm³/mol. The zero-order chi connectivity index (χ0) is 9.52. The molecule has 5 nitrogen and oxygen atoms in total. The first-order valence-corrected chi connectivity index (χ1v) is 3.88. The van der Waals surface area contributed by atoms with Gasteiger partial charge in [0, 0.05) is 12.1 Å². The maximum Gasteiger partial charge on any atom is 0.320 e. The van der Waals surface area contributed by atoms with Crippen LogP contribution in [0.15, 0.2) is 18.2 Å². The Labute approximate surface area is 75.9 Å². The van der Waals surface area contributed by atoms with Crippen molar-refractivity contribution in [3.8, 4) is 0 Å². The molecule has 13 heavy (non-hydrogen) atoms. The second kappa shape index (κ2) is 5.10. The third kappa shape index (κ3) is 3.08. The van der Waals surface area contributed by atoms with Crippen LogP contribution in [-0.4, -0.2) is 18.0 Å². The van der Waals surface area contributed by atoms with Crippen LogP contribution in [0.1, 0.15) is 5.69 Å². The average molecular weight is 181 g/mol. The lowest BCUT2D eigenvalue weighted by Crippen LogP contribution is -2.06. The van der Waals surface area contributed by atoms with Gasteiger partial charge in [-0.1, -0.05) is 6.07 Å². The molecule has 1 aromatic rings. The summed E-state index contributed by atoms with van der Waals surface area (Å²) in [6.45, 7) is 0.849. The number of aromatic nitrogens is 1. The number of anilines is 1. The molecule has 0 bridgehead atoms. The van der Waals surface area contributed by atoms with Crippen molar-refractivity contribution >= 4 is 12.3 Å². The van der Waals surface area contributed by atoms with Crippen molar-refractivity contribution in [3.63, 3.8) is 0 Å². The highest BCUT2D eigenvalue weighted by Gasteiger charge is 1.95. The van der Waals surface area contributed by atoms with E-state index in [0.717, 1.165) is 5.69 Å². The van der Waals surface area contributed by atoms with Gasteiger partial charge in [0.2, 0.25) is 0 Å². The van der Waals surface area contributed by atoms with Gasteiger partial charge in [0.25, 0.3) is 0 Å². The number of hydrogen-bond acceptors (Lipinski definition) is 5. The summed E-state index contributed by atoms with van der Waals surface area (Å²) in [5.41, 5.74) is 8.60. The first-order valence-electron chi connectivity index (χ1n) is 3.88. The van der Waals surface area contributed by atoms with Gasteiger partial charge < -0.3 is 10.6 Å². The second-order valence-corrected chi connectivity index (χ2v) is 2.37. The number of rotatable bonds is 5. The van der Waals surface area contributed by atoms with Crippen LogP contribution in [0.25, 0.3) is 0 Å². The van der Waals surface area contributed by atoms with Gasteiger partial charge in [-0.05, 0) is 18.7 Å². The molecule has 0 atom stereocenters. The van der Waals surface area contributed by atoms with Gasteiger partial charge in [0.1, 0.15) is 0 Å². The molecule has 3 N–H and O–H groups in total. The van der Waals surface area contributed by atoms with Gasteiger partial charge in [-0.25, -0.2) is 10.5 Å². The van der Waals surface area contributed by atoms with Gasteiger partial charge in [0.05, 0.1) is 0 Å². The number of nitrogens with zero attached hydrogens (tertiary/aromatic N) is 1. The Hall–Kier alpha value is -1.62. The van der Waals surface area contributed by atoms with E-state index in [0.29, 0.717) is 25.3 Å². The Kier molecular flexibility index (Phi) is 3.72. The molecular formula is C8H11N3O2. The highest BCUT2D eigenvalue weighted by atomic mass is 16.7. The first-order chi connectivity index (χ1) is 6.36. The zero-order valence-electron chi connectivity index (χ0n) is 7.06. The summed E-state index contributed by atoms with van der Waals surface area (Å²) in [6.07, 6.45) is 0.705. The van der Waals surface area contributed by atoms with Crippen LogP contribution < -0.4 is 11.2 Å². The molecule has 0 aliphatic carbocycles. The molecule has 1 rings (SSSR count). The zero-order valence-corrected chi connectivity index (χ0v) is 7.06. The molecule has 0 aromatic carbocycles. The Morgan fingerprint density at radius 1 is 1.62 bits per heavy atom. The van der Waals surface area contributed by atoms with Crippen molar-refractivity contribution in [2.75, 3.05) is 12.0 Å². The van der Waals surface area contributed by atoms with Gasteiger partial charge in [-0.3, -0.25) is 4.79 Å². The van der Waals surface area contributed by atoms with Crippen LogP contribution in [0.5, 0.6) is 0 Å². The summed E-state index contributed by atoms with van der Waals surface area (Å²) in [5.74, 6) is 0.498. The van der Waals surface area contributed by atoms with E-state index in [9.17, 15) is 4.79 Å². The Bertz CT molecular complexity index is 278. The molecule has 1 aromatic heterocycles. The fourth-order valence-corrected chi connectivity index (χ4v) is 0.908. The minimum absolute atomic E-state index is 0.303. The average Bonchev–Trinajstić information content (AvgIpc) is 2.16. The highest BCUT2D eigenvalue weighted by molar-refractivity contribution is 5.42. The largest absolute Gasteiger partial charge is 0.345 e. The molecule has 70 valence electrons. The third-order valence-electron chi connectivity index (χ3n) is 1.42. The molecule has 0 radical (unpaired) electrons. The van der Waals surface area contributed by atoms with Crippen molar-refractivity contribution in [1.82, 2.24) is 4.98 Å². The minimum atomic E-state index is 0.303. The molecule has 0 fully saturated rings. The van der Waals surface area contributed by atoms with Gasteiger partial charge in [-0.2, -0.15) is 0 Å². The highest BCUT2D eigenvalue weighted by Crippen LogP contribution is 2.04. The lowest BCUT2D eigenvalue weighted by Gasteiger charge is -2.03. The molecule has 5 heteroatoms. The summed E-state index contributed by atoms with van der Waals surface area (Å²) in [5, 5.41) is 0. The van der Waals surface area contributed by atoms with Crippen molar-refractivity contribution in [2.24, 2.45) is 5.73 Å². The molecule has 1 heterocycles. The SMILES string of the molecule is NCCc1cccc(NOC=O)n1. The number of carbonyl (C=O) groups excluding carboxylic acids is 1. The van der Waals surface area contributed by atoms with E-state index in [2.05, 4.69) is 15.3 Å². The number of nitrogens with two attached hydrogens (primary N) is 1. The maximum absolute atomic E-state index is 9.86. The third-order valence-corrected chi connectivity index (χ3v) is 1.42. The lowest BCUT2D eigenvalue weighted by atomic mass is 10.3. The summed E-state index contributed by atoms with van der Waals surface area (Å²) in [7, 11) is 0. The Morgan fingerprint density at radius 3 is 3.15 bits per heavy atom. The summed E-state index contributed by atoms with van der Waals surface area (Å²) in [4.78, 5) is 18.3. The van der Waals surface area contributed by atoms with E-state index < -0.39 is 0 Å². The van der Waals surface area contributed by atoms with Crippen LogP contribution in [0.3, 0.4) is 0 Å². The van der Waals surface area contributed by atoms with Gasteiger partial charge >= 0.3 is 6.47 Å². The van der Waals surface area contributed by atoms with Crippen molar-refractivity contribution in [1.29, 1.82) is 0 Å². The standard InChI is InChI=1S/C8H11N3O2/c9-5-4-7-2-1-3-8(10-7)11-13-6-12/h1-3,6H,4-5,9H2,(H,10,11). The van der Waals surface area contributed by atoms with Gasteiger partial charge in [0.15, 0.2) is 5.82 Å². The molecule has 0 saturated carbocycles. The van der Waals surface area contributed by atoms with E-state index in [4.69, 9.17) is 5.73 Å². The van der Waals surface area contributed by atoms with Crippen LogP contribution in [0.4, 0.5) is 5.82 Å². The number of pyridine rings is 1. The molecule has 0 saturated heterocycles. The van der Waals surface area contributed by atoms with Crippen LogP contribution >= 0.6 is 0 Å². The first kappa shape index (κ1) is 9.47. The van der Waals surface area contributed by atoms with Crippen LogP contribution in [0, 0.1) is 0 Å². The second-order valence-electron chi connectivity index (χ2n) is 2.37. The summed E-state index contributed by atoms with van der Waals surface area (Å²) in [6, 6.07) is 5.37. The van der Waals surface area contributed by atoms with Crippen molar-refractivity contribution < 1.29 is 9.63 Å². The maximum atomic E-state index is 9.86. The molecule has 0 amide bonds. The number of hydrogen-bond donors (Lipinski definition) is 2. The normalized spacial score (nSPS) is 9.31. The van der Waals surface area contributed by atoms with Crippen LogP contribution in [-0.2, 0) is 16.1 Å². The van der Waals surface area contributed by atoms with Gasteiger partial charge in [-0.15, -0.1) is 0 Å². The fraction of sp³-hybridized carbons (Fsp3) is 0.250. The molecular weight excluding hydrogens is 170 g/mol. The van der Waals surface area contributed by atoms with Crippen LogP contribution in [0.2, 0.25) is 0 Å². The van der Waals surface area contributed by atoms with E-state index in [-0.39, 0.29) is 0 Å². The predicted octanol–water partition coefficient (Wildman–Crippen LogP) is 0.0827. The van der Waals surface area contributed by atoms with E-state index >= 15 is 0 Å². The summed E-state index contributed by atoms with van der Waals surface area (Å²) < 4.78 is 0. The number of nitrogens with one attached hydrogen (secondary N) is 1. The molecule has 0 spiro atoms. The summed E-state index contributed by atoms with van der Waals surface area (Å²) >= 11 is 0. The van der Waals surface area contributed by atoms with Crippen molar-refractivity contribution in [3.05, 3.63) is 23.9 Å².